The molecule has 1 aromatic heterocycles. The molecule has 1 heterocycles. The fourth-order valence-electron chi connectivity index (χ4n) is 1.60. The third-order valence-electron chi connectivity index (χ3n) is 2.57. The summed E-state index contributed by atoms with van der Waals surface area (Å²) in [6, 6.07) is 3.96. The Morgan fingerprint density at radius 3 is 2.58 bits per heavy atom. The Morgan fingerprint density at radius 1 is 1.26 bits per heavy atom. The summed E-state index contributed by atoms with van der Waals surface area (Å²) in [5, 5.41) is 8.75. The van der Waals surface area contributed by atoms with E-state index in [-0.39, 0.29) is 11.3 Å². The molecule has 0 aliphatic heterocycles. The van der Waals surface area contributed by atoms with Crippen LogP contribution in [0.3, 0.4) is 0 Å². The van der Waals surface area contributed by atoms with Gasteiger partial charge in [0.2, 0.25) is 5.82 Å². The average Bonchev–Trinajstić information content (AvgIpc) is 2.36. The van der Waals surface area contributed by atoms with Gasteiger partial charge in [-0.2, -0.15) is 9.65 Å². The molecule has 0 fully saturated rings. The molecule has 0 aliphatic carbocycles. The zero-order valence-electron chi connectivity index (χ0n) is 9.70. The first kappa shape index (κ1) is 12.7. The first-order valence-electron chi connectivity index (χ1n) is 5.16. The predicted octanol–water partition coefficient (Wildman–Crippen LogP) is 0.984. The van der Waals surface area contributed by atoms with Crippen LogP contribution >= 0.6 is 0 Å². The van der Waals surface area contributed by atoms with E-state index in [0.717, 1.165) is 6.07 Å². The van der Waals surface area contributed by atoms with Gasteiger partial charge in [0.25, 0.3) is 5.56 Å². The van der Waals surface area contributed by atoms with Crippen molar-refractivity contribution in [2.75, 3.05) is 0 Å². The van der Waals surface area contributed by atoms with Crippen molar-refractivity contribution in [2.45, 2.75) is 6.92 Å². The van der Waals surface area contributed by atoms with Crippen LogP contribution in [0.15, 0.2) is 27.9 Å². The molecule has 0 radical (unpaired) electrons. The van der Waals surface area contributed by atoms with Crippen molar-refractivity contribution in [1.29, 1.82) is 5.26 Å². The maximum absolute atomic E-state index is 13.8. The summed E-state index contributed by atoms with van der Waals surface area (Å²) in [6.45, 7) is 1.55. The maximum Gasteiger partial charge on any atom is 0.333 e. The summed E-state index contributed by atoms with van der Waals surface area (Å²) in [5.74, 6) is -2.07. The number of nitrogens with zero attached hydrogens (tertiary/aromatic N) is 2. The van der Waals surface area contributed by atoms with Crippen molar-refractivity contribution < 1.29 is 8.78 Å². The maximum atomic E-state index is 13.8. The van der Waals surface area contributed by atoms with E-state index in [2.05, 4.69) is 0 Å². The molecule has 19 heavy (non-hydrogen) atoms. The topological polar surface area (TPSA) is 78.7 Å². The van der Waals surface area contributed by atoms with Crippen LogP contribution in [0.2, 0.25) is 0 Å². The Morgan fingerprint density at radius 2 is 1.95 bits per heavy atom. The molecule has 5 nitrogen and oxygen atoms in total. The Kier molecular flexibility index (Phi) is 3.00. The van der Waals surface area contributed by atoms with Gasteiger partial charge in [0, 0.05) is 0 Å². The summed E-state index contributed by atoms with van der Waals surface area (Å²) in [6.07, 6.45) is 0.602. The molecule has 2 rings (SSSR count). The number of aromatic nitrogens is 2. The van der Waals surface area contributed by atoms with Gasteiger partial charge in [-0.3, -0.25) is 14.3 Å². The van der Waals surface area contributed by atoms with Gasteiger partial charge in [0.15, 0.2) is 0 Å². The molecule has 0 bridgehead atoms. The minimum atomic E-state index is -1.21. The first-order chi connectivity index (χ1) is 8.93. The summed E-state index contributed by atoms with van der Waals surface area (Å²) >= 11 is 0. The van der Waals surface area contributed by atoms with E-state index >= 15 is 0 Å². The van der Waals surface area contributed by atoms with E-state index in [0.29, 0.717) is 16.3 Å². The van der Waals surface area contributed by atoms with Gasteiger partial charge in [-0.25, -0.2) is 9.18 Å². The first-order valence-corrected chi connectivity index (χ1v) is 5.16. The smallest absolute Gasteiger partial charge is 0.271 e. The molecule has 0 aliphatic rings. The van der Waals surface area contributed by atoms with E-state index in [4.69, 9.17) is 5.26 Å². The minimum absolute atomic E-state index is 0.110. The van der Waals surface area contributed by atoms with Crippen molar-refractivity contribution in [3.8, 4) is 11.8 Å². The van der Waals surface area contributed by atoms with E-state index in [9.17, 15) is 18.4 Å². The Labute approximate surface area is 105 Å². The SMILES string of the molecule is Cc1cc(-n2cc(F)c(=O)[nH]c2=O)c(F)cc1C#N. The number of halogens is 2. The minimum Gasteiger partial charge on any atom is -0.271 e. The van der Waals surface area contributed by atoms with Crippen LogP contribution in [0, 0.1) is 29.9 Å². The van der Waals surface area contributed by atoms with E-state index in [1.54, 1.807) is 18.0 Å². The average molecular weight is 263 g/mol. The van der Waals surface area contributed by atoms with Crippen LogP contribution in [-0.2, 0) is 0 Å². The largest absolute Gasteiger partial charge is 0.333 e. The van der Waals surface area contributed by atoms with E-state index in [1.807, 2.05) is 0 Å². The monoisotopic (exact) mass is 263 g/mol. The van der Waals surface area contributed by atoms with E-state index < -0.39 is 22.9 Å². The second-order valence-corrected chi connectivity index (χ2v) is 3.84. The van der Waals surface area contributed by atoms with Crippen molar-refractivity contribution in [3.05, 3.63) is 61.9 Å². The molecule has 0 saturated carbocycles. The molecule has 96 valence electrons. The van der Waals surface area contributed by atoms with Crippen LogP contribution in [0.4, 0.5) is 8.78 Å². The van der Waals surface area contributed by atoms with Crippen LogP contribution in [0.5, 0.6) is 0 Å². The van der Waals surface area contributed by atoms with Gasteiger partial charge in [-0.05, 0) is 24.6 Å². The normalized spacial score (nSPS) is 10.2. The van der Waals surface area contributed by atoms with Gasteiger partial charge in [-0.15, -0.1) is 0 Å². The van der Waals surface area contributed by atoms with Crippen molar-refractivity contribution in [2.24, 2.45) is 0 Å². The second-order valence-electron chi connectivity index (χ2n) is 3.84. The molecule has 1 aromatic carbocycles. The third-order valence-corrected chi connectivity index (χ3v) is 2.57. The number of aromatic amines is 1. The number of benzene rings is 1. The lowest BCUT2D eigenvalue weighted by Crippen LogP contribution is -2.30. The molecule has 7 heteroatoms. The number of rotatable bonds is 1. The summed E-state index contributed by atoms with van der Waals surface area (Å²) in [4.78, 5) is 24.1. The number of H-pyrrole nitrogens is 1. The fourth-order valence-corrected chi connectivity index (χ4v) is 1.60. The molecular weight excluding hydrogens is 256 g/mol. The van der Waals surface area contributed by atoms with Crippen LogP contribution in [-0.4, -0.2) is 9.55 Å². The highest BCUT2D eigenvalue weighted by atomic mass is 19.1. The third kappa shape index (κ3) is 2.15. The fraction of sp³-hybridized carbons (Fsp3) is 0.0833. The lowest BCUT2D eigenvalue weighted by atomic mass is 10.1. The molecule has 2 aromatic rings. The zero-order valence-corrected chi connectivity index (χ0v) is 9.70. The number of nitrogens with one attached hydrogen (secondary N) is 1. The molecule has 0 atom stereocenters. The highest BCUT2D eigenvalue weighted by Gasteiger charge is 2.12. The Bertz CT molecular complexity index is 815. The molecule has 0 unspecified atom stereocenters. The lowest BCUT2D eigenvalue weighted by Gasteiger charge is -2.08. The molecule has 0 saturated heterocycles. The van der Waals surface area contributed by atoms with Gasteiger partial charge in [0.1, 0.15) is 5.82 Å². The van der Waals surface area contributed by atoms with Gasteiger partial charge in [-0.1, -0.05) is 0 Å². The predicted molar refractivity (Wildman–Crippen MR) is 62.0 cm³/mol. The van der Waals surface area contributed by atoms with Crippen molar-refractivity contribution >= 4 is 0 Å². The number of hydrogen-bond donors (Lipinski definition) is 1. The zero-order chi connectivity index (χ0) is 14.2. The second kappa shape index (κ2) is 4.49. The Hall–Kier alpha value is -2.75. The lowest BCUT2D eigenvalue weighted by molar-refractivity contribution is 0.576. The number of nitriles is 1. The highest BCUT2D eigenvalue weighted by Crippen LogP contribution is 2.17. The molecule has 0 spiro atoms. The molecule has 0 amide bonds. The number of hydrogen-bond acceptors (Lipinski definition) is 3. The molecular formula is C12H7F2N3O2. The number of aryl methyl sites for hydroxylation is 1. The van der Waals surface area contributed by atoms with Crippen molar-refractivity contribution in [3.63, 3.8) is 0 Å². The van der Waals surface area contributed by atoms with Crippen LogP contribution in [0.25, 0.3) is 5.69 Å². The quantitative estimate of drug-likeness (QED) is 0.833. The van der Waals surface area contributed by atoms with E-state index in [1.165, 1.54) is 6.07 Å². The summed E-state index contributed by atoms with van der Waals surface area (Å²) in [7, 11) is 0. The Balaban J connectivity index is 2.77. The van der Waals surface area contributed by atoms with Gasteiger partial charge >= 0.3 is 5.69 Å². The van der Waals surface area contributed by atoms with Gasteiger partial charge in [0.05, 0.1) is 23.5 Å². The summed E-state index contributed by atoms with van der Waals surface area (Å²) < 4.78 is 27.6. The standard InChI is InChI=1S/C12H7F2N3O2/c1-6-2-10(8(13)3-7(6)4-15)17-5-9(14)11(18)16-12(17)19/h2-3,5H,1H3,(H,16,18,19). The van der Waals surface area contributed by atoms with Gasteiger partial charge < -0.3 is 0 Å². The van der Waals surface area contributed by atoms with Crippen molar-refractivity contribution in [1.82, 2.24) is 9.55 Å². The van der Waals surface area contributed by atoms with Crippen LogP contribution in [0.1, 0.15) is 11.1 Å². The highest BCUT2D eigenvalue weighted by molar-refractivity contribution is 5.46. The van der Waals surface area contributed by atoms with Crippen LogP contribution < -0.4 is 11.2 Å². The summed E-state index contributed by atoms with van der Waals surface area (Å²) in [5.41, 5.74) is -1.84. The molecule has 1 N–H and O–H groups in total.